The minimum Gasteiger partial charge on any atom is -0.497 e. The molecule has 1 aliphatic rings. The second-order valence-corrected chi connectivity index (χ2v) is 7.55. The number of methoxy groups -OCH3 is 2. The molecule has 2 amide bonds. The van der Waals surface area contributed by atoms with E-state index >= 15 is 0 Å². The van der Waals surface area contributed by atoms with Crippen molar-refractivity contribution in [1.82, 2.24) is 10.6 Å². The summed E-state index contributed by atoms with van der Waals surface area (Å²) in [5, 5.41) is 5.89. The maximum Gasteiger partial charge on any atom is 0.252 e. The predicted molar refractivity (Wildman–Crippen MR) is 105 cm³/mol. The number of nitrogens with one attached hydrogen (secondary N) is 2. The molecule has 6 nitrogen and oxygen atoms in total. The number of carbonyl (C=O) groups is 2. The average Bonchev–Trinajstić information content (AvgIpc) is 2.70. The predicted octanol–water partition coefficient (Wildman–Crippen LogP) is 3.15. The molecule has 2 rings (SSSR count). The number of rotatable bonds is 8. The lowest BCUT2D eigenvalue weighted by Gasteiger charge is -2.25. The van der Waals surface area contributed by atoms with Crippen LogP contribution in [0.3, 0.4) is 0 Å². The molecule has 1 aliphatic carbocycles. The van der Waals surface area contributed by atoms with Gasteiger partial charge in [0.2, 0.25) is 5.91 Å². The van der Waals surface area contributed by atoms with Gasteiger partial charge < -0.3 is 20.1 Å². The third-order valence-electron chi connectivity index (χ3n) is 5.14. The van der Waals surface area contributed by atoms with Crippen molar-refractivity contribution >= 4 is 11.8 Å². The van der Waals surface area contributed by atoms with E-state index in [9.17, 15) is 9.59 Å². The molecule has 150 valence electrons. The molecule has 0 aliphatic heterocycles. The van der Waals surface area contributed by atoms with Crippen molar-refractivity contribution in [3.63, 3.8) is 0 Å². The lowest BCUT2D eigenvalue weighted by molar-refractivity contribution is -0.124. The normalized spacial score (nSPS) is 15.9. The minimum absolute atomic E-state index is 0.0205. The number of carbonyl (C=O) groups excluding carboxylic acids is 2. The first kappa shape index (κ1) is 21.1. The van der Waals surface area contributed by atoms with Crippen molar-refractivity contribution in [3.05, 3.63) is 23.8 Å². The van der Waals surface area contributed by atoms with Crippen LogP contribution in [0.15, 0.2) is 18.2 Å². The summed E-state index contributed by atoms with van der Waals surface area (Å²) in [7, 11) is 3.07. The number of ether oxygens (including phenoxy) is 2. The van der Waals surface area contributed by atoms with Gasteiger partial charge in [-0.15, -0.1) is 0 Å². The van der Waals surface area contributed by atoms with Crippen LogP contribution >= 0.6 is 0 Å². The maximum absolute atomic E-state index is 12.7. The summed E-state index contributed by atoms with van der Waals surface area (Å²) in [5.74, 6) is 1.14. The Kier molecular flexibility index (Phi) is 7.95. The molecule has 0 radical (unpaired) electrons. The second kappa shape index (κ2) is 10.2. The Morgan fingerprint density at radius 3 is 2.15 bits per heavy atom. The van der Waals surface area contributed by atoms with Crippen molar-refractivity contribution in [1.29, 1.82) is 0 Å². The third-order valence-corrected chi connectivity index (χ3v) is 5.14. The van der Waals surface area contributed by atoms with Crippen LogP contribution in [0.2, 0.25) is 0 Å². The Hall–Kier alpha value is -2.24. The largest absolute Gasteiger partial charge is 0.497 e. The monoisotopic (exact) mass is 376 g/mol. The lowest BCUT2D eigenvalue weighted by Crippen LogP contribution is -2.50. The molecule has 1 unspecified atom stereocenters. The summed E-state index contributed by atoms with van der Waals surface area (Å²) in [6.45, 7) is 4.54. The number of hydrogen-bond donors (Lipinski definition) is 2. The highest BCUT2D eigenvalue weighted by Crippen LogP contribution is 2.24. The van der Waals surface area contributed by atoms with Crippen molar-refractivity contribution in [2.45, 2.75) is 52.0 Å². The number of amides is 2. The van der Waals surface area contributed by atoms with E-state index in [4.69, 9.17) is 9.47 Å². The highest BCUT2D eigenvalue weighted by Gasteiger charge is 2.26. The molecule has 0 bridgehead atoms. The van der Waals surface area contributed by atoms with E-state index in [1.165, 1.54) is 46.3 Å². The Labute approximate surface area is 162 Å². The lowest BCUT2D eigenvalue weighted by atomic mass is 9.89. The molecule has 1 atom stereocenters. The van der Waals surface area contributed by atoms with E-state index in [2.05, 4.69) is 10.6 Å². The highest BCUT2D eigenvalue weighted by molar-refractivity contribution is 5.98. The van der Waals surface area contributed by atoms with Gasteiger partial charge >= 0.3 is 0 Å². The van der Waals surface area contributed by atoms with Gasteiger partial charge in [-0.2, -0.15) is 0 Å². The molecule has 1 aromatic rings. The molecule has 1 saturated carbocycles. The second-order valence-electron chi connectivity index (χ2n) is 7.55. The summed E-state index contributed by atoms with van der Waals surface area (Å²) in [5.41, 5.74) is 0.400. The van der Waals surface area contributed by atoms with E-state index in [0.29, 0.717) is 29.5 Å². The van der Waals surface area contributed by atoms with E-state index in [1.807, 2.05) is 13.8 Å². The van der Waals surface area contributed by atoms with Gasteiger partial charge in [0.05, 0.1) is 14.2 Å². The summed E-state index contributed by atoms with van der Waals surface area (Å²) in [6.07, 6.45) is 6.11. The van der Waals surface area contributed by atoms with Crippen LogP contribution in [0.25, 0.3) is 0 Å². The minimum atomic E-state index is -0.585. The SMILES string of the molecule is COc1cc(OC)cc(C(=O)NC(C(=O)NCC2CCCCC2)C(C)C)c1. The van der Waals surface area contributed by atoms with Crippen LogP contribution in [0.5, 0.6) is 11.5 Å². The molecule has 0 saturated heterocycles. The first-order valence-corrected chi connectivity index (χ1v) is 9.76. The molecule has 0 spiro atoms. The fraction of sp³-hybridized carbons (Fsp3) is 0.619. The fourth-order valence-electron chi connectivity index (χ4n) is 3.44. The van der Waals surface area contributed by atoms with E-state index in [-0.39, 0.29) is 17.7 Å². The molecular formula is C21H32N2O4. The van der Waals surface area contributed by atoms with Crippen LogP contribution in [0.1, 0.15) is 56.3 Å². The topological polar surface area (TPSA) is 76.7 Å². The number of benzene rings is 1. The molecule has 27 heavy (non-hydrogen) atoms. The Morgan fingerprint density at radius 2 is 1.63 bits per heavy atom. The average molecular weight is 376 g/mol. The molecule has 1 fully saturated rings. The van der Waals surface area contributed by atoms with Crippen LogP contribution in [0.4, 0.5) is 0 Å². The standard InChI is InChI=1S/C21H32N2O4/c1-14(2)19(21(25)22-13-15-8-6-5-7-9-15)23-20(24)16-10-17(26-3)12-18(11-16)27-4/h10-12,14-15,19H,5-9,13H2,1-4H3,(H,22,25)(H,23,24). The zero-order valence-corrected chi connectivity index (χ0v) is 16.8. The van der Waals surface area contributed by atoms with Crippen molar-refractivity contribution in [2.75, 3.05) is 20.8 Å². The summed E-state index contributed by atoms with van der Waals surface area (Å²) in [6, 6.07) is 4.39. The van der Waals surface area contributed by atoms with E-state index in [1.54, 1.807) is 18.2 Å². The summed E-state index contributed by atoms with van der Waals surface area (Å²) < 4.78 is 10.4. The quantitative estimate of drug-likeness (QED) is 0.731. The Balaban J connectivity index is 2.01. The van der Waals surface area contributed by atoms with Crippen LogP contribution in [-0.2, 0) is 4.79 Å². The number of hydrogen-bond acceptors (Lipinski definition) is 4. The van der Waals surface area contributed by atoms with Gasteiger partial charge in [-0.25, -0.2) is 0 Å². The molecule has 0 aromatic heterocycles. The van der Waals surface area contributed by atoms with Gasteiger partial charge in [-0.05, 0) is 36.8 Å². The van der Waals surface area contributed by atoms with Crippen LogP contribution in [0, 0.1) is 11.8 Å². The smallest absolute Gasteiger partial charge is 0.252 e. The Bertz CT molecular complexity index is 617. The van der Waals surface area contributed by atoms with Gasteiger partial charge in [0.25, 0.3) is 5.91 Å². The van der Waals surface area contributed by atoms with Gasteiger partial charge in [-0.3, -0.25) is 9.59 Å². The molecule has 6 heteroatoms. The van der Waals surface area contributed by atoms with Gasteiger partial charge in [0.1, 0.15) is 17.5 Å². The Morgan fingerprint density at radius 1 is 1.04 bits per heavy atom. The van der Waals surface area contributed by atoms with E-state index < -0.39 is 6.04 Å². The van der Waals surface area contributed by atoms with Gasteiger partial charge in [-0.1, -0.05) is 33.1 Å². The first-order chi connectivity index (χ1) is 12.9. The summed E-state index contributed by atoms with van der Waals surface area (Å²) >= 11 is 0. The molecule has 2 N–H and O–H groups in total. The van der Waals surface area contributed by atoms with Gasteiger partial charge in [0.15, 0.2) is 0 Å². The van der Waals surface area contributed by atoms with Crippen molar-refractivity contribution in [2.24, 2.45) is 11.8 Å². The van der Waals surface area contributed by atoms with E-state index in [0.717, 1.165) is 0 Å². The van der Waals surface area contributed by atoms with Crippen molar-refractivity contribution < 1.29 is 19.1 Å². The fourth-order valence-corrected chi connectivity index (χ4v) is 3.44. The molecule has 0 heterocycles. The molecular weight excluding hydrogens is 344 g/mol. The van der Waals surface area contributed by atoms with Gasteiger partial charge in [0, 0.05) is 18.2 Å². The molecule has 1 aromatic carbocycles. The van der Waals surface area contributed by atoms with Crippen LogP contribution < -0.4 is 20.1 Å². The first-order valence-electron chi connectivity index (χ1n) is 9.76. The third kappa shape index (κ3) is 6.15. The van der Waals surface area contributed by atoms with Crippen molar-refractivity contribution in [3.8, 4) is 11.5 Å². The highest BCUT2D eigenvalue weighted by atomic mass is 16.5. The van der Waals surface area contributed by atoms with Crippen LogP contribution in [-0.4, -0.2) is 38.6 Å². The zero-order chi connectivity index (χ0) is 19.8. The summed E-state index contributed by atoms with van der Waals surface area (Å²) in [4.78, 5) is 25.4. The maximum atomic E-state index is 12.7. The zero-order valence-electron chi connectivity index (χ0n) is 16.8.